The van der Waals surface area contributed by atoms with E-state index in [9.17, 15) is 4.79 Å². The fraction of sp³-hybridized carbons (Fsp3) is 0.0833. The zero-order valence-corrected chi connectivity index (χ0v) is 8.29. The van der Waals surface area contributed by atoms with Crippen LogP contribution in [0.15, 0.2) is 35.3 Å². The molecule has 0 bridgehead atoms. The molecule has 0 spiro atoms. The van der Waals surface area contributed by atoms with Crippen molar-refractivity contribution in [1.29, 1.82) is 0 Å². The Morgan fingerprint density at radius 2 is 2.00 bits per heavy atom. The van der Waals surface area contributed by atoms with Crippen molar-refractivity contribution >= 4 is 21.8 Å². The highest BCUT2D eigenvalue weighted by Crippen LogP contribution is 2.22. The number of H-pyrrole nitrogens is 2. The van der Waals surface area contributed by atoms with Gasteiger partial charge in [0.05, 0.1) is 10.9 Å². The molecule has 0 fully saturated rings. The van der Waals surface area contributed by atoms with Gasteiger partial charge in [-0.15, -0.1) is 0 Å². The predicted molar refractivity (Wildman–Crippen MR) is 61.2 cm³/mol. The summed E-state index contributed by atoms with van der Waals surface area (Å²) in [5.74, 6) is 0. The molecule has 15 heavy (non-hydrogen) atoms. The fourth-order valence-corrected chi connectivity index (χ4v) is 1.97. The maximum absolute atomic E-state index is 11.7. The molecule has 0 unspecified atom stereocenters. The zero-order valence-electron chi connectivity index (χ0n) is 8.29. The standard InChI is InChI=1S/C12H10N2O/c1-7-2-3-9-8(6-7)11-10(14-9)4-5-13-12(11)15/h2-6,14H,1H3,(H,13,15). The van der Waals surface area contributed by atoms with Crippen molar-refractivity contribution in [1.82, 2.24) is 9.97 Å². The molecule has 3 aromatic rings. The molecule has 3 heteroatoms. The van der Waals surface area contributed by atoms with E-state index in [1.807, 2.05) is 31.2 Å². The van der Waals surface area contributed by atoms with E-state index in [1.165, 1.54) is 0 Å². The molecule has 0 saturated heterocycles. The first-order chi connectivity index (χ1) is 7.25. The van der Waals surface area contributed by atoms with Crippen LogP contribution in [0, 0.1) is 6.92 Å². The number of nitrogens with one attached hydrogen (secondary N) is 2. The lowest BCUT2D eigenvalue weighted by molar-refractivity contribution is 1.28. The number of aromatic nitrogens is 2. The SMILES string of the molecule is Cc1ccc2[nH]c3cc[nH]c(=O)c3c2c1. The minimum atomic E-state index is -0.0376. The van der Waals surface area contributed by atoms with Gasteiger partial charge in [-0.25, -0.2) is 0 Å². The number of pyridine rings is 1. The van der Waals surface area contributed by atoms with Gasteiger partial charge in [0, 0.05) is 17.1 Å². The monoisotopic (exact) mass is 198 g/mol. The highest BCUT2D eigenvalue weighted by molar-refractivity contribution is 6.06. The Morgan fingerprint density at radius 3 is 2.87 bits per heavy atom. The molecule has 0 atom stereocenters. The first-order valence-electron chi connectivity index (χ1n) is 4.85. The highest BCUT2D eigenvalue weighted by Gasteiger charge is 2.06. The summed E-state index contributed by atoms with van der Waals surface area (Å²) < 4.78 is 0. The third-order valence-corrected chi connectivity index (χ3v) is 2.67. The summed E-state index contributed by atoms with van der Waals surface area (Å²) >= 11 is 0. The van der Waals surface area contributed by atoms with E-state index in [0.717, 1.165) is 27.4 Å². The van der Waals surface area contributed by atoms with Gasteiger partial charge < -0.3 is 9.97 Å². The Balaban J connectivity index is 2.67. The first-order valence-corrected chi connectivity index (χ1v) is 4.85. The molecule has 0 aliphatic heterocycles. The maximum Gasteiger partial charge on any atom is 0.258 e. The second-order valence-corrected chi connectivity index (χ2v) is 3.77. The van der Waals surface area contributed by atoms with Crippen molar-refractivity contribution < 1.29 is 0 Å². The Kier molecular flexibility index (Phi) is 1.51. The molecule has 2 heterocycles. The number of aromatic amines is 2. The van der Waals surface area contributed by atoms with Crippen LogP contribution in [0.4, 0.5) is 0 Å². The average molecular weight is 198 g/mol. The van der Waals surface area contributed by atoms with Crippen molar-refractivity contribution in [2.45, 2.75) is 6.92 Å². The summed E-state index contributed by atoms with van der Waals surface area (Å²) in [4.78, 5) is 17.6. The van der Waals surface area contributed by atoms with Crippen LogP contribution in [0.25, 0.3) is 21.8 Å². The van der Waals surface area contributed by atoms with Crippen molar-refractivity contribution in [3.05, 3.63) is 46.4 Å². The number of hydrogen-bond acceptors (Lipinski definition) is 1. The summed E-state index contributed by atoms with van der Waals surface area (Å²) in [6.45, 7) is 2.02. The van der Waals surface area contributed by atoms with Crippen LogP contribution < -0.4 is 5.56 Å². The highest BCUT2D eigenvalue weighted by atomic mass is 16.1. The second-order valence-electron chi connectivity index (χ2n) is 3.77. The van der Waals surface area contributed by atoms with E-state index < -0.39 is 0 Å². The van der Waals surface area contributed by atoms with E-state index in [0.29, 0.717) is 0 Å². The van der Waals surface area contributed by atoms with Crippen molar-refractivity contribution in [3.63, 3.8) is 0 Å². The van der Waals surface area contributed by atoms with E-state index in [4.69, 9.17) is 0 Å². The van der Waals surface area contributed by atoms with Gasteiger partial charge in [-0.3, -0.25) is 4.79 Å². The molecule has 3 nitrogen and oxygen atoms in total. The van der Waals surface area contributed by atoms with Gasteiger partial charge in [-0.2, -0.15) is 0 Å². The van der Waals surface area contributed by atoms with Gasteiger partial charge in [0.2, 0.25) is 0 Å². The van der Waals surface area contributed by atoms with Crippen LogP contribution in [0.5, 0.6) is 0 Å². The molecular formula is C12H10N2O. The molecular weight excluding hydrogens is 188 g/mol. The van der Waals surface area contributed by atoms with Crippen LogP contribution in [0.1, 0.15) is 5.56 Å². The minimum absolute atomic E-state index is 0.0376. The molecule has 74 valence electrons. The van der Waals surface area contributed by atoms with Crippen LogP contribution in [0.3, 0.4) is 0 Å². The van der Waals surface area contributed by atoms with Crippen molar-refractivity contribution in [3.8, 4) is 0 Å². The van der Waals surface area contributed by atoms with E-state index in [2.05, 4.69) is 9.97 Å². The molecule has 3 rings (SSSR count). The Bertz CT molecular complexity index is 706. The Hall–Kier alpha value is -2.03. The molecule has 0 amide bonds. The van der Waals surface area contributed by atoms with Gasteiger partial charge in [0.15, 0.2) is 0 Å². The van der Waals surface area contributed by atoms with E-state index in [1.54, 1.807) is 6.20 Å². The second kappa shape index (κ2) is 2.73. The van der Waals surface area contributed by atoms with Crippen molar-refractivity contribution in [2.24, 2.45) is 0 Å². The minimum Gasteiger partial charge on any atom is -0.354 e. The maximum atomic E-state index is 11.7. The first kappa shape index (κ1) is 8.29. The van der Waals surface area contributed by atoms with E-state index in [-0.39, 0.29) is 5.56 Å². The summed E-state index contributed by atoms with van der Waals surface area (Å²) in [7, 11) is 0. The van der Waals surface area contributed by atoms with Gasteiger partial charge in [-0.05, 0) is 25.1 Å². The number of hydrogen-bond donors (Lipinski definition) is 2. The van der Waals surface area contributed by atoms with E-state index >= 15 is 0 Å². The lowest BCUT2D eigenvalue weighted by atomic mass is 10.1. The topological polar surface area (TPSA) is 48.6 Å². The molecule has 0 aliphatic rings. The van der Waals surface area contributed by atoms with Gasteiger partial charge >= 0.3 is 0 Å². The summed E-state index contributed by atoms with van der Waals surface area (Å²) in [6.07, 6.45) is 1.66. The van der Waals surface area contributed by atoms with Crippen LogP contribution in [-0.2, 0) is 0 Å². The molecule has 0 aliphatic carbocycles. The third-order valence-electron chi connectivity index (χ3n) is 2.67. The lowest BCUT2D eigenvalue weighted by Gasteiger charge is -1.92. The zero-order chi connectivity index (χ0) is 10.4. The lowest BCUT2D eigenvalue weighted by Crippen LogP contribution is -2.02. The van der Waals surface area contributed by atoms with Gasteiger partial charge in [0.1, 0.15) is 0 Å². The number of fused-ring (bicyclic) bond motifs is 3. The third kappa shape index (κ3) is 1.09. The number of aryl methyl sites for hydroxylation is 1. The summed E-state index contributed by atoms with van der Waals surface area (Å²) in [6, 6.07) is 7.95. The van der Waals surface area contributed by atoms with Crippen molar-refractivity contribution in [2.75, 3.05) is 0 Å². The quantitative estimate of drug-likeness (QED) is 0.572. The normalized spacial score (nSPS) is 11.3. The fourth-order valence-electron chi connectivity index (χ4n) is 1.97. The number of benzene rings is 1. The van der Waals surface area contributed by atoms with Gasteiger partial charge in [-0.1, -0.05) is 11.6 Å². The van der Waals surface area contributed by atoms with Crippen LogP contribution >= 0.6 is 0 Å². The summed E-state index contributed by atoms with van der Waals surface area (Å²) in [5.41, 5.74) is 3.02. The predicted octanol–water partition coefficient (Wildman–Crippen LogP) is 2.32. The Labute approximate surface area is 85.8 Å². The van der Waals surface area contributed by atoms with Gasteiger partial charge in [0.25, 0.3) is 5.56 Å². The molecule has 1 aromatic carbocycles. The number of rotatable bonds is 0. The molecule has 2 aromatic heterocycles. The molecule has 2 N–H and O–H groups in total. The average Bonchev–Trinajstić information content (AvgIpc) is 2.57. The smallest absolute Gasteiger partial charge is 0.258 e. The largest absolute Gasteiger partial charge is 0.354 e. The summed E-state index contributed by atoms with van der Waals surface area (Å²) in [5, 5.41) is 1.74. The Morgan fingerprint density at radius 1 is 1.13 bits per heavy atom. The van der Waals surface area contributed by atoms with Crippen LogP contribution in [0.2, 0.25) is 0 Å². The van der Waals surface area contributed by atoms with Crippen LogP contribution in [-0.4, -0.2) is 9.97 Å². The molecule has 0 saturated carbocycles. The molecule has 0 radical (unpaired) electrons.